The number of hydrogen-bond acceptors (Lipinski definition) is 4. The van der Waals surface area contributed by atoms with Crippen molar-refractivity contribution < 1.29 is 23.0 Å². The Morgan fingerprint density at radius 1 is 1.47 bits per heavy atom. The maximum absolute atomic E-state index is 12.2. The second-order valence-electron chi connectivity index (χ2n) is 3.67. The number of halogens is 2. The van der Waals surface area contributed by atoms with Crippen molar-refractivity contribution in [2.75, 3.05) is 13.7 Å². The summed E-state index contributed by atoms with van der Waals surface area (Å²) < 4.78 is 33.9. The van der Waals surface area contributed by atoms with Gasteiger partial charge in [-0.2, -0.15) is 8.78 Å². The fraction of sp³-hybridized carbons (Fsp3) is 0.417. The highest BCUT2D eigenvalue weighted by Gasteiger charge is 2.11. The maximum Gasteiger partial charge on any atom is 0.387 e. The lowest BCUT2D eigenvalue weighted by atomic mass is 10.2. The van der Waals surface area contributed by atoms with E-state index in [1.807, 2.05) is 0 Å². The third kappa shape index (κ3) is 5.09. The first-order valence-electron chi connectivity index (χ1n) is 5.65. The molecule has 0 aliphatic rings. The molecule has 0 heterocycles. The predicted molar refractivity (Wildman–Crippen MR) is 65.1 cm³/mol. The summed E-state index contributed by atoms with van der Waals surface area (Å²) in [5.74, 6) is 0.238. The molecule has 0 aliphatic carbocycles. The molecule has 0 saturated heterocycles. The number of amides is 1. The minimum absolute atomic E-state index is 0.00356. The van der Waals surface area contributed by atoms with Crippen LogP contribution in [0.3, 0.4) is 0 Å². The molecule has 106 valence electrons. The molecule has 7 heteroatoms. The van der Waals surface area contributed by atoms with E-state index in [0.717, 1.165) is 0 Å². The van der Waals surface area contributed by atoms with Gasteiger partial charge in [-0.3, -0.25) is 4.79 Å². The molecular weight excluding hydrogens is 258 g/mol. The molecule has 0 bridgehead atoms. The van der Waals surface area contributed by atoms with E-state index in [9.17, 15) is 13.6 Å². The highest BCUT2D eigenvalue weighted by Crippen LogP contribution is 2.25. The van der Waals surface area contributed by atoms with E-state index in [0.29, 0.717) is 11.3 Å². The summed E-state index contributed by atoms with van der Waals surface area (Å²) in [4.78, 5) is 11.3. The molecule has 0 saturated carbocycles. The van der Waals surface area contributed by atoms with E-state index < -0.39 is 6.61 Å². The molecule has 0 aromatic heterocycles. The van der Waals surface area contributed by atoms with Crippen LogP contribution >= 0.6 is 0 Å². The van der Waals surface area contributed by atoms with Gasteiger partial charge in [0, 0.05) is 25.1 Å². The summed E-state index contributed by atoms with van der Waals surface area (Å²) in [5.41, 5.74) is 5.64. The lowest BCUT2D eigenvalue weighted by Crippen LogP contribution is -2.25. The Morgan fingerprint density at radius 3 is 2.79 bits per heavy atom. The fourth-order valence-corrected chi connectivity index (χ4v) is 1.45. The largest absolute Gasteiger partial charge is 0.497 e. The van der Waals surface area contributed by atoms with Crippen molar-refractivity contribution in [3.8, 4) is 11.5 Å². The normalized spacial score (nSPS) is 10.4. The summed E-state index contributed by atoms with van der Waals surface area (Å²) in [6.45, 7) is -2.63. The Bertz CT molecular complexity index is 427. The zero-order valence-corrected chi connectivity index (χ0v) is 10.5. The number of ether oxygens (including phenoxy) is 2. The first-order chi connectivity index (χ1) is 9.06. The van der Waals surface area contributed by atoms with E-state index in [1.54, 1.807) is 0 Å². The summed E-state index contributed by atoms with van der Waals surface area (Å²) in [6, 6.07) is 4.40. The van der Waals surface area contributed by atoms with Crippen molar-refractivity contribution in [1.29, 1.82) is 0 Å². The second kappa shape index (κ2) is 7.52. The van der Waals surface area contributed by atoms with Crippen LogP contribution in [0, 0.1) is 0 Å². The summed E-state index contributed by atoms with van der Waals surface area (Å²) in [7, 11) is 1.46. The van der Waals surface area contributed by atoms with Crippen LogP contribution in [0.2, 0.25) is 0 Å². The molecule has 0 atom stereocenters. The van der Waals surface area contributed by atoms with Crippen LogP contribution in [0.4, 0.5) is 8.78 Å². The highest BCUT2D eigenvalue weighted by atomic mass is 19.3. The number of carbonyl (C=O) groups excluding carboxylic acids is 1. The van der Waals surface area contributed by atoms with Gasteiger partial charge in [0.25, 0.3) is 0 Å². The SMILES string of the molecule is COc1ccc(OC(F)F)c(CNC(=O)CCN)c1. The Kier molecular flexibility index (Phi) is 6.01. The van der Waals surface area contributed by atoms with Gasteiger partial charge in [0.15, 0.2) is 0 Å². The lowest BCUT2D eigenvalue weighted by Gasteiger charge is -2.13. The van der Waals surface area contributed by atoms with Crippen molar-refractivity contribution in [1.82, 2.24) is 5.32 Å². The van der Waals surface area contributed by atoms with Gasteiger partial charge in [-0.15, -0.1) is 0 Å². The molecule has 0 unspecified atom stereocenters. The van der Waals surface area contributed by atoms with Gasteiger partial charge < -0.3 is 20.5 Å². The summed E-state index contributed by atoms with van der Waals surface area (Å²) in [6.07, 6.45) is 0.176. The number of nitrogens with one attached hydrogen (secondary N) is 1. The minimum Gasteiger partial charge on any atom is -0.497 e. The molecule has 1 aromatic carbocycles. The van der Waals surface area contributed by atoms with Gasteiger partial charge in [-0.1, -0.05) is 0 Å². The third-order valence-corrected chi connectivity index (χ3v) is 2.33. The van der Waals surface area contributed by atoms with E-state index >= 15 is 0 Å². The molecule has 1 aromatic rings. The van der Waals surface area contributed by atoms with Crippen molar-refractivity contribution in [2.45, 2.75) is 19.6 Å². The summed E-state index contributed by atoms with van der Waals surface area (Å²) >= 11 is 0. The van der Waals surface area contributed by atoms with Crippen LogP contribution in [-0.2, 0) is 11.3 Å². The highest BCUT2D eigenvalue weighted by molar-refractivity contribution is 5.76. The van der Waals surface area contributed by atoms with Crippen LogP contribution in [0.5, 0.6) is 11.5 Å². The molecule has 0 spiro atoms. The predicted octanol–water partition coefficient (Wildman–Crippen LogP) is 1.26. The average Bonchev–Trinajstić information content (AvgIpc) is 2.37. The number of benzene rings is 1. The minimum atomic E-state index is -2.92. The van der Waals surface area contributed by atoms with Crippen molar-refractivity contribution >= 4 is 5.91 Å². The molecule has 1 amide bonds. The van der Waals surface area contributed by atoms with Crippen molar-refractivity contribution in [2.24, 2.45) is 5.73 Å². The molecule has 1 rings (SSSR count). The molecule has 0 radical (unpaired) electrons. The smallest absolute Gasteiger partial charge is 0.387 e. The Balaban J connectivity index is 2.79. The van der Waals surface area contributed by atoms with Gasteiger partial charge in [0.05, 0.1) is 7.11 Å². The molecular formula is C12H16F2N2O3. The number of hydrogen-bond donors (Lipinski definition) is 2. The topological polar surface area (TPSA) is 73.6 Å². The van der Waals surface area contributed by atoms with Crippen LogP contribution in [0.15, 0.2) is 18.2 Å². The zero-order valence-electron chi connectivity index (χ0n) is 10.5. The Labute approximate surface area is 109 Å². The lowest BCUT2D eigenvalue weighted by molar-refractivity contribution is -0.121. The zero-order chi connectivity index (χ0) is 14.3. The number of carbonyl (C=O) groups is 1. The first kappa shape index (κ1) is 15.2. The summed E-state index contributed by atoms with van der Waals surface area (Å²) in [5, 5.41) is 2.57. The van der Waals surface area contributed by atoms with E-state index in [4.69, 9.17) is 10.5 Å². The van der Waals surface area contributed by atoms with E-state index in [2.05, 4.69) is 10.1 Å². The number of rotatable bonds is 7. The molecule has 19 heavy (non-hydrogen) atoms. The van der Waals surface area contributed by atoms with Crippen molar-refractivity contribution in [3.63, 3.8) is 0 Å². The first-order valence-corrected chi connectivity index (χ1v) is 5.65. The number of alkyl halides is 2. The van der Waals surface area contributed by atoms with Crippen LogP contribution < -0.4 is 20.5 Å². The second-order valence-corrected chi connectivity index (χ2v) is 3.67. The van der Waals surface area contributed by atoms with E-state index in [1.165, 1.54) is 25.3 Å². The van der Waals surface area contributed by atoms with Gasteiger partial charge in [0.2, 0.25) is 5.91 Å². The average molecular weight is 274 g/mol. The molecule has 0 aliphatic heterocycles. The molecule has 5 nitrogen and oxygen atoms in total. The van der Waals surface area contributed by atoms with Crippen LogP contribution in [0.25, 0.3) is 0 Å². The van der Waals surface area contributed by atoms with Gasteiger partial charge in [-0.05, 0) is 18.2 Å². The molecule has 0 fully saturated rings. The molecule has 3 N–H and O–H groups in total. The maximum atomic E-state index is 12.2. The Morgan fingerprint density at radius 2 is 2.21 bits per heavy atom. The van der Waals surface area contributed by atoms with Gasteiger partial charge in [-0.25, -0.2) is 0 Å². The van der Waals surface area contributed by atoms with Crippen molar-refractivity contribution in [3.05, 3.63) is 23.8 Å². The third-order valence-electron chi connectivity index (χ3n) is 2.33. The van der Waals surface area contributed by atoms with Gasteiger partial charge in [0.1, 0.15) is 11.5 Å². The van der Waals surface area contributed by atoms with Gasteiger partial charge >= 0.3 is 6.61 Å². The number of nitrogens with two attached hydrogens (primary N) is 1. The monoisotopic (exact) mass is 274 g/mol. The van der Waals surface area contributed by atoms with Crippen LogP contribution in [0.1, 0.15) is 12.0 Å². The van der Waals surface area contributed by atoms with Crippen LogP contribution in [-0.4, -0.2) is 26.2 Å². The van der Waals surface area contributed by atoms with E-state index in [-0.39, 0.29) is 31.2 Å². The standard InChI is InChI=1S/C12H16F2N2O3/c1-18-9-2-3-10(19-12(13)14)8(6-9)7-16-11(17)4-5-15/h2-3,6,12H,4-5,7,15H2,1H3,(H,16,17). The fourth-order valence-electron chi connectivity index (χ4n) is 1.45. The quantitative estimate of drug-likeness (QED) is 0.785. The Hall–Kier alpha value is -1.89. The number of methoxy groups -OCH3 is 1.